The molecule has 1 aromatic carbocycles. The zero-order valence-electron chi connectivity index (χ0n) is 10.9. The Bertz CT molecular complexity index is 343. The predicted octanol–water partition coefficient (Wildman–Crippen LogP) is 2.52. The van der Waals surface area contributed by atoms with Crippen LogP contribution in [-0.2, 0) is 6.54 Å². The van der Waals surface area contributed by atoms with Crippen molar-refractivity contribution in [2.45, 2.75) is 46.2 Å². The summed E-state index contributed by atoms with van der Waals surface area (Å²) in [4.78, 5) is 0. The number of nitrogens with one attached hydrogen (secondary N) is 1. The molecular weight excluding hydrogens is 196 g/mol. The van der Waals surface area contributed by atoms with Gasteiger partial charge in [-0.05, 0) is 57.4 Å². The topological polar surface area (TPSA) is 38.0 Å². The monoisotopic (exact) mass is 220 g/mol. The van der Waals surface area contributed by atoms with Crippen LogP contribution in [0.25, 0.3) is 0 Å². The van der Waals surface area contributed by atoms with Crippen molar-refractivity contribution in [3.8, 4) is 0 Å². The summed E-state index contributed by atoms with van der Waals surface area (Å²) in [5.41, 5.74) is 9.76. The maximum absolute atomic E-state index is 5.59. The van der Waals surface area contributed by atoms with Crippen molar-refractivity contribution in [3.63, 3.8) is 0 Å². The zero-order valence-corrected chi connectivity index (χ0v) is 10.9. The van der Waals surface area contributed by atoms with Gasteiger partial charge < -0.3 is 11.1 Å². The Morgan fingerprint density at radius 2 is 1.88 bits per heavy atom. The maximum atomic E-state index is 5.59. The van der Waals surface area contributed by atoms with E-state index in [9.17, 15) is 0 Å². The summed E-state index contributed by atoms with van der Waals surface area (Å²) in [6.07, 6.45) is 0.998. The zero-order chi connectivity index (χ0) is 12.2. The van der Waals surface area contributed by atoms with Crippen LogP contribution < -0.4 is 11.1 Å². The Hall–Kier alpha value is -0.860. The number of hydrogen-bond acceptors (Lipinski definition) is 2. The quantitative estimate of drug-likeness (QED) is 0.800. The summed E-state index contributed by atoms with van der Waals surface area (Å²) in [6, 6.07) is 6.62. The van der Waals surface area contributed by atoms with Crippen molar-refractivity contribution in [2.24, 2.45) is 5.73 Å². The third-order valence-corrected chi connectivity index (χ3v) is 3.11. The molecule has 0 bridgehead atoms. The van der Waals surface area contributed by atoms with Gasteiger partial charge in [-0.2, -0.15) is 0 Å². The van der Waals surface area contributed by atoms with Crippen LogP contribution in [0.3, 0.4) is 0 Å². The van der Waals surface area contributed by atoms with Gasteiger partial charge in [0.25, 0.3) is 0 Å². The van der Waals surface area contributed by atoms with Crippen molar-refractivity contribution in [1.82, 2.24) is 5.32 Å². The maximum Gasteiger partial charge on any atom is 0.0210 e. The van der Waals surface area contributed by atoms with Gasteiger partial charge in [0.15, 0.2) is 0 Å². The van der Waals surface area contributed by atoms with Crippen LogP contribution in [0.1, 0.15) is 37.0 Å². The molecule has 1 rings (SSSR count). The SMILES string of the molecule is Cc1ccc(CNC(C)(C)CCN)cc1C. The standard InChI is InChI=1S/C14H24N2/c1-11-5-6-13(9-12(11)2)10-16-14(3,4)7-8-15/h5-6,9,16H,7-8,10,15H2,1-4H3. The minimum atomic E-state index is 0.119. The Morgan fingerprint density at radius 1 is 1.19 bits per heavy atom. The highest BCUT2D eigenvalue weighted by atomic mass is 15.0. The number of rotatable bonds is 5. The first-order valence-corrected chi connectivity index (χ1v) is 5.96. The normalized spacial score (nSPS) is 11.8. The van der Waals surface area contributed by atoms with Gasteiger partial charge >= 0.3 is 0 Å². The molecule has 0 saturated heterocycles. The number of benzene rings is 1. The van der Waals surface area contributed by atoms with E-state index in [-0.39, 0.29) is 5.54 Å². The van der Waals surface area contributed by atoms with Gasteiger partial charge in [0.2, 0.25) is 0 Å². The fourth-order valence-corrected chi connectivity index (χ4v) is 1.70. The second-order valence-electron chi connectivity index (χ2n) is 5.19. The molecule has 0 heterocycles. The lowest BCUT2D eigenvalue weighted by Crippen LogP contribution is -2.40. The summed E-state index contributed by atoms with van der Waals surface area (Å²) >= 11 is 0. The van der Waals surface area contributed by atoms with E-state index >= 15 is 0 Å². The Kier molecular flexibility index (Phi) is 4.51. The molecule has 0 fully saturated rings. The van der Waals surface area contributed by atoms with Gasteiger partial charge in [0, 0.05) is 12.1 Å². The largest absolute Gasteiger partial charge is 0.330 e. The predicted molar refractivity (Wildman–Crippen MR) is 70.5 cm³/mol. The van der Waals surface area contributed by atoms with Crippen molar-refractivity contribution < 1.29 is 0 Å². The summed E-state index contributed by atoms with van der Waals surface area (Å²) in [7, 11) is 0. The van der Waals surface area contributed by atoms with Gasteiger partial charge in [-0.3, -0.25) is 0 Å². The molecule has 3 N–H and O–H groups in total. The van der Waals surface area contributed by atoms with Gasteiger partial charge in [0.1, 0.15) is 0 Å². The van der Waals surface area contributed by atoms with E-state index < -0.39 is 0 Å². The van der Waals surface area contributed by atoms with E-state index in [0.717, 1.165) is 19.5 Å². The average molecular weight is 220 g/mol. The second-order valence-corrected chi connectivity index (χ2v) is 5.19. The average Bonchev–Trinajstić information content (AvgIpc) is 2.20. The smallest absolute Gasteiger partial charge is 0.0210 e. The second kappa shape index (κ2) is 5.46. The fraction of sp³-hybridized carbons (Fsp3) is 0.571. The molecule has 0 radical (unpaired) electrons. The summed E-state index contributed by atoms with van der Waals surface area (Å²) in [6.45, 7) is 10.3. The van der Waals surface area contributed by atoms with Crippen molar-refractivity contribution >= 4 is 0 Å². The number of nitrogens with two attached hydrogens (primary N) is 1. The number of hydrogen-bond donors (Lipinski definition) is 2. The molecule has 2 nitrogen and oxygen atoms in total. The summed E-state index contributed by atoms with van der Waals surface area (Å²) in [5.74, 6) is 0. The van der Waals surface area contributed by atoms with Crippen LogP contribution in [-0.4, -0.2) is 12.1 Å². The lowest BCUT2D eigenvalue weighted by molar-refractivity contribution is 0.365. The van der Waals surface area contributed by atoms with Crippen molar-refractivity contribution in [1.29, 1.82) is 0 Å². The van der Waals surface area contributed by atoms with Gasteiger partial charge in [-0.25, -0.2) is 0 Å². The summed E-state index contributed by atoms with van der Waals surface area (Å²) in [5, 5.41) is 3.54. The van der Waals surface area contributed by atoms with E-state index in [0.29, 0.717) is 0 Å². The molecule has 0 amide bonds. The molecule has 1 aromatic rings. The van der Waals surface area contributed by atoms with Crippen LogP contribution >= 0.6 is 0 Å². The highest BCUT2D eigenvalue weighted by molar-refractivity contribution is 5.29. The summed E-state index contributed by atoms with van der Waals surface area (Å²) < 4.78 is 0. The van der Waals surface area contributed by atoms with Crippen LogP contribution in [0.15, 0.2) is 18.2 Å². The van der Waals surface area contributed by atoms with E-state index in [2.05, 4.69) is 51.2 Å². The molecule has 0 spiro atoms. The van der Waals surface area contributed by atoms with Crippen LogP contribution in [0.5, 0.6) is 0 Å². The van der Waals surface area contributed by atoms with Crippen molar-refractivity contribution in [3.05, 3.63) is 34.9 Å². The Balaban J connectivity index is 2.57. The van der Waals surface area contributed by atoms with Crippen molar-refractivity contribution in [2.75, 3.05) is 6.54 Å². The van der Waals surface area contributed by atoms with Gasteiger partial charge in [0.05, 0.1) is 0 Å². The molecule has 0 aliphatic carbocycles. The lowest BCUT2D eigenvalue weighted by atomic mass is 9.99. The highest BCUT2D eigenvalue weighted by Crippen LogP contribution is 2.12. The first-order valence-electron chi connectivity index (χ1n) is 5.96. The Labute approximate surface area is 99.2 Å². The first-order chi connectivity index (χ1) is 7.44. The van der Waals surface area contributed by atoms with E-state index in [1.54, 1.807) is 0 Å². The molecule has 0 saturated carbocycles. The molecule has 0 aliphatic heterocycles. The minimum Gasteiger partial charge on any atom is -0.330 e. The molecule has 0 aliphatic rings. The number of aryl methyl sites for hydroxylation is 2. The third-order valence-electron chi connectivity index (χ3n) is 3.11. The minimum absolute atomic E-state index is 0.119. The highest BCUT2D eigenvalue weighted by Gasteiger charge is 2.15. The van der Waals surface area contributed by atoms with Crippen LogP contribution in [0, 0.1) is 13.8 Å². The van der Waals surface area contributed by atoms with E-state index in [1.165, 1.54) is 16.7 Å². The van der Waals surface area contributed by atoms with Gasteiger partial charge in [-0.15, -0.1) is 0 Å². The lowest BCUT2D eigenvalue weighted by Gasteiger charge is -2.26. The molecular formula is C14H24N2. The molecule has 2 heteroatoms. The van der Waals surface area contributed by atoms with Crippen LogP contribution in [0.4, 0.5) is 0 Å². The molecule has 16 heavy (non-hydrogen) atoms. The fourth-order valence-electron chi connectivity index (χ4n) is 1.70. The van der Waals surface area contributed by atoms with Gasteiger partial charge in [-0.1, -0.05) is 18.2 Å². The molecule has 0 aromatic heterocycles. The first kappa shape index (κ1) is 13.2. The van der Waals surface area contributed by atoms with E-state index in [1.807, 2.05) is 0 Å². The molecule has 90 valence electrons. The third kappa shape index (κ3) is 3.95. The molecule has 0 atom stereocenters. The van der Waals surface area contributed by atoms with E-state index in [4.69, 9.17) is 5.73 Å². The Morgan fingerprint density at radius 3 is 2.44 bits per heavy atom. The van der Waals surface area contributed by atoms with Crippen LogP contribution in [0.2, 0.25) is 0 Å². The molecule has 0 unspecified atom stereocenters.